The zero-order valence-corrected chi connectivity index (χ0v) is 19.3. The van der Waals surface area contributed by atoms with E-state index < -0.39 is 5.92 Å². The van der Waals surface area contributed by atoms with Crippen LogP contribution in [0, 0.1) is 12.3 Å². The summed E-state index contributed by atoms with van der Waals surface area (Å²) in [4.78, 5) is 27.1. The molecular weight excluding hydrogens is 400 g/mol. The molecule has 0 spiro atoms. The summed E-state index contributed by atoms with van der Waals surface area (Å²) in [6, 6.07) is 15.3. The first-order valence-corrected chi connectivity index (χ1v) is 11.0. The molecule has 1 aliphatic heterocycles. The van der Waals surface area contributed by atoms with Crippen molar-refractivity contribution in [2.24, 2.45) is 5.41 Å². The van der Waals surface area contributed by atoms with Gasteiger partial charge in [-0.1, -0.05) is 50.2 Å². The highest BCUT2D eigenvalue weighted by atomic mass is 16.5. The first kappa shape index (κ1) is 21.9. The summed E-state index contributed by atoms with van der Waals surface area (Å²) in [5.74, 6) is 0.0330. The number of benzene rings is 2. The maximum Gasteiger partial charge on any atom is 0.254 e. The van der Waals surface area contributed by atoms with E-state index in [1.165, 1.54) is 0 Å². The zero-order chi connectivity index (χ0) is 23.0. The van der Waals surface area contributed by atoms with E-state index >= 15 is 0 Å². The number of para-hydroxylation sites is 2. The minimum Gasteiger partial charge on any atom is -0.496 e. The second-order valence-corrected chi connectivity index (χ2v) is 9.44. The Hall–Kier alpha value is -3.34. The first-order valence-electron chi connectivity index (χ1n) is 11.0. The van der Waals surface area contributed by atoms with E-state index in [0.29, 0.717) is 23.3 Å². The van der Waals surface area contributed by atoms with Gasteiger partial charge in [0.1, 0.15) is 5.75 Å². The molecule has 0 fully saturated rings. The minimum absolute atomic E-state index is 0.0772. The Balaban J connectivity index is 1.86. The quantitative estimate of drug-likeness (QED) is 0.696. The number of aryl methyl sites for hydroxylation is 1. The molecule has 2 aliphatic rings. The fourth-order valence-electron chi connectivity index (χ4n) is 4.86. The van der Waals surface area contributed by atoms with Crippen LogP contribution in [0.4, 0.5) is 5.69 Å². The molecule has 2 aromatic carbocycles. The molecule has 1 atom stereocenters. The second-order valence-electron chi connectivity index (χ2n) is 9.44. The monoisotopic (exact) mass is 430 g/mol. The van der Waals surface area contributed by atoms with Crippen molar-refractivity contribution in [3.8, 4) is 5.75 Å². The molecular formula is C27H30N2O3. The molecule has 2 aromatic rings. The molecule has 1 unspecified atom stereocenters. The lowest BCUT2D eigenvalue weighted by Crippen LogP contribution is -2.39. The lowest BCUT2D eigenvalue weighted by molar-refractivity contribution is -0.118. The van der Waals surface area contributed by atoms with Crippen molar-refractivity contribution in [1.29, 1.82) is 0 Å². The van der Waals surface area contributed by atoms with Crippen LogP contribution < -0.4 is 15.4 Å². The highest BCUT2D eigenvalue weighted by Gasteiger charge is 2.43. The summed E-state index contributed by atoms with van der Waals surface area (Å²) in [6.45, 7) is 8.08. The van der Waals surface area contributed by atoms with Crippen molar-refractivity contribution in [1.82, 2.24) is 5.32 Å². The van der Waals surface area contributed by atoms with E-state index in [2.05, 4.69) is 24.5 Å². The van der Waals surface area contributed by atoms with Crippen LogP contribution in [-0.2, 0) is 9.59 Å². The van der Waals surface area contributed by atoms with Gasteiger partial charge in [-0.05, 0) is 43.4 Å². The fraction of sp³-hybridized carbons (Fsp3) is 0.333. The number of hydrogen-bond donors (Lipinski definition) is 2. The van der Waals surface area contributed by atoms with Crippen LogP contribution in [-0.4, -0.2) is 18.8 Å². The van der Waals surface area contributed by atoms with Gasteiger partial charge < -0.3 is 15.4 Å². The highest BCUT2D eigenvalue weighted by molar-refractivity contribution is 6.10. The number of rotatable bonds is 4. The van der Waals surface area contributed by atoms with Gasteiger partial charge in [0, 0.05) is 40.2 Å². The number of Topliss-reactive ketones (excluding diaryl/α,β-unsaturated/α-hetero) is 1. The predicted octanol–water partition coefficient (Wildman–Crippen LogP) is 5.25. The van der Waals surface area contributed by atoms with Gasteiger partial charge in [-0.2, -0.15) is 0 Å². The van der Waals surface area contributed by atoms with Gasteiger partial charge in [0.15, 0.2) is 5.78 Å². The van der Waals surface area contributed by atoms with Crippen molar-refractivity contribution in [3.05, 3.63) is 82.2 Å². The molecule has 0 radical (unpaired) electrons. The molecule has 1 heterocycles. The normalized spacial score (nSPS) is 19.9. The minimum atomic E-state index is -0.491. The zero-order valence-electron chi connectivity index (χ0n) is 19.3. The number of anilines is 1. The Labute approximate surface area is 189 Å². The van der Waals surface area contributed by atoms with Crippen LogP contribution in [0.2, 0.25) is 0 Å². The lowest BCUT2D eigenvalue weighted by Gasteiger charge is -2.40. The smallest absolute Gasteiger partial charge is 0.254 e. The summed E-state index contributed by atoms with van der Waals surface area (Å²) in [7, 11) is 1.62. The molecule has 2 N–H and O–H groups in total. The Morgan fingerprint density at radius 2 is 1.75 bits per heavy atom. The van der Waals surface area contributed by atoms with Gasteiger partial charge in [-0.15, -0.1) is 0 Å². The third-order valence-electron chi connectivity index (χ3n) is 6.33. The standard InChI is InChI=1S/C27H30N2O3/c1-16-10-6-8-12-19(16)29-26(31)23-17(2)28-20-14-27(3,4)15-21(30)25(20)24(23)18-11-7-9-13-22(18)32-5/h6-13,24,28H,14-15H2,1-5H3,(H,29,31). The van der Waals surface area contributed by atoms with Crippen LogP contribution >= 0.6 is 0 Å². The van der Waals surface area contributed by atoms with Gasteiger partial charge in [0.05, 0.1) is 13.0 Å². The SMILES string of the molecule is COc1ccccc1C1C(C(=O)Nc2ccccc2C)=C(C)NC2=C1C(=O)CC(C)(C)C2. The van der Waals surface area contributed by atoms with E-state index in [1.807, 2.05) is 62.4 Å². The molecule has 5 nitrogen and oxygen atoms in total. The number of ether oxygens (including phenoxy) is 1. The van der Waals surface area contributed by atoms with Gasteiger partial charge in [0.2, 0.25) is 0 Å². The average molecular weight is 431 g/mol. The number of nitrogens with one attached hydrogen (secondary N) is 2. The van der Waals surface area contributed by atoms with Crippen molar-refractivity contribution in [2.75, 3.05) is 12.4 Å². The fourth-order valence-corrected chi connectivity index (χ4v) is 4.86. The van der Waals surface area contributed by atoms with E-state index in [9.17, 15) is 9.59 Å². The lowest BCUT2D eigenvalue weighted by atomic mass is 9.68. The maximum absolute atomic E-state index is 13.6. The molecule has 1 amide bonds. The largest absolute Gasteiger partial charge is 0.496 e. The molecule has 4 rings (SSSR count). The summed E-state index contributed by atoms with van der Waals surface area (Å²) >= 11 is 0. The predicted molar refractivity (Wildman–Crippen MR) is 126 cm³/mol. The van der Waals surface area contributed by atoms with Crippen molar-refractivity contribution in [3.63, 3.8) is 0 Å². The summed E-state index contributed by atoms with van der Waals surface area (Å²) in [5, 5.41) is 6.47. The maximum atomic E-state index is 13.6. The van der Waals surface area contributed by atoms with E-state index in [0.717, 1.165) is 34.6 Å². The van der Waals surface area contributed by atoms with Gasteiger partial charge in [-0.3, -0.25) is 9.59 Å². The number of amides is 1. The highest BCUT2D eigenvalue weighted by Crippen LogP contribution is 2.48. The van der Waals surface area contributed by atoms with E-state index in [4.69, 9.17) is 4.74 Å². The van der Waals surface area contributed by atoms with Gasteiger partial charge in [0.25, 0.3) is 5.91 Å². The van der Waals surface area contributed by atoms with Gasteiger partial charge >= 0.3 is 0 Å². The van der Waals surface area contributed by atoms with Gasteiger partial charge in [-0.25, -0.2) is 0 Å². The van der Waals surface area contributed by atoms with Crippen LogP contribution in [0.1, 0.15) is 50.7 Å². The number of hydrogen-bond acceptors (Lipinski definition) is 4. The summed E-state index contributed by atoms with van der Waals surface area (Å²) < 4.78 is 5.65. The van der Waals surface area contributed by atoms with Crippen LogP contribution in [0.5, 0.6) is 5.75 Å². The van der Waals surface area contributed by atoms with Crippen LogP contribution in [0.15, 0.2) is 71.1 Å². The molecule has 166 valence electrons. The number of allylic oxidation sites excluding steroid dienone is 3. The van der Waals surface area contributed by atoms with Crippen LogP contribution in [0.3, 0.4) is 0 Å². The molecule has 1 aliphatic carbocycles. The molecule has 32 heavy (non-hydrogen) atoms. The molecule has 0 saturated carbocycles. The number of methoxy groups -OCH3 is 1. The number of dihydropyridines is 1. The molecule has 0 aromatic heterocycles. The molecule has 0 saturated heterocycles. The number of carbonyl (C=O) groups is 2. The second kappa shape index (κ2) is 8.30. The molecule has 5 heteroatoms. The Morgan fingerprint density at radius 3 is 2.47 bits per heavy atom. The summed E-state index contributed by atoms with van der Waals surface area (Å²) in [6.07, 6.45) is 1.20. The van der Waals surface area contributed by atoms with E-state index in [1.54, 1.807) is 7.11 Å². The van der Waals surface area contributed by atoms with Crippen molar-refractivity contribution < 1.29 is 14.3 Å². The first-order chi connectivity index (χ1) is 15.2. The Morgan fingerprint density at radius 1 is 1.06 bits per heavy atom. The van der Waals surface area contributed by atoms with E-state index in [-0.39, 0.29) is 17.1 Å². The summed E-state index contributed by atoms with van der Waals surface area (Å²) in [5.41, 5.74) is 5.32. The van der Waals surface area contributed by atoms with Crippen molar-refractivity contribution in [2.45, 2.75) is 46.5 Å². The topological polar surface area (TPSA) is 67.4 Å². The number of ketones is 1. The Kier molecular flexibility index (Phi) is 5.68. The third-order valence-corrected chi connectivity index (χ3v) is 6.33. The third kappa shape index (κ3) is 3.95. The van der Waals surface area contributed by atoms with Crippen molar-refractivity contribution >= 4 is 17.4 Å². The average Bonchev–Trinajstić information content (AvgIpc) is 2.73. The van der Waals surface area contributed by atoms with Crippen LogP contribution in [0.25, 0.3) is 0 Å². The number of carbonyl (C=O) groups excluding carboxylic acids is 2. The Bertz CT molecular complexity index is 1160. The molecule has 0 bridgehead atoms.